The highest BCUT2D eigenvalue weighted by Crippen LogP contribution is 1.95. The third kappa shape index (κ3) is 3.31. The van der Waals surface area contributed by atoms with Crippen molar-refractivity contribution in [3.63, 3.8) is 0 Å². The van der Waals surface area contributed by atoms with Gasteiger partial charge in [0.05, 0.1) is 0 Å². The number of aromatic nitrogens is 1. The molecule has 74 valence electrons. The zero-order valence-corrected chi connectivity index (χ0v) is 9.23. The minimum Gasteiger partial charge on any atom is -0.380 e. The molecule has 0 amide bonds. The fourth-order valence-electron chi connectivity index (χ4n) is 0.723. The molecule has 0 aliphatic rings. The van der Waals surface area contributed by atoms with Crippen molar-refractivity contribution in [1.29, 1.82) is 0 Å². The third-order valence-electron chi connectivity index (χ3n) is 1.38. The quantitative estimate of drug-likeness (QED) is 0.340. The molecule has 14 heavy (non-hydrogen) atoms. The number of rotatable bonds is 2. The van der Waals surface area contributed by atoms with Gasteiger partial charge in [0.1, 0.15) is 5.69 Å². The summed E-state index contributed by atoms with van der Waals surface area (Å²) in [5.74, 6) is 0.321. The number of amidine groups is 1. The zero-order chi connectivity index (χ0) is 10.4. The lowest BCUT2D eigenvalue weighted by Gasteiger charge is -2.00. The molecule has 1 aromatic heterocycles. The second-order valence-electron chi connectivity index (χ2n) is 2.32. The van der Waals surface area contributed by atoms with Gasteiger partial charge in [-0.25, -0.2) is 0 Å². The number of nitrogens with two attached hydrogens (primary N) is 1. The highest BCUT2D eigenvalue weighted by molar-refractivity contribution is 8.22. The molecule has 1 heterocycles. The van der Waals surface area contributed by atoms with Crippen molar-refractivity contribution in [2.24, 2.45) is 10.8 Å². The lowest BCUT2D eigenvalue weighted by Crippen LogP contribution is -2.21. The number of thioether (sulfide) groups is 1. The number of thiocarbonyl (C=S) groups is 1. The van der Waals surface area contributed by atoms with E-state index in [2.05, 4.69) is 15.5 Å². The lowest BCUT2D eigenvalue weighted by atomic mass is 10.3. The van der Waals surface area contributed by atoms with E-state index >= 15 is 0 Å². The normalized spacial score (nSPS) is 11.1. The number of nitrogens with one attached hydrogen (secondary N) is 1. The first-order chi connectivity index (χ1) is 6.74. The predicted octanol–water partition coefficient (Wildman–Crippen LogP) is 0.939. The maximum atomic E-state index is 5.65. The van der Waals surface area contributed by atoms with Gasteiger partial charge in [-0.05, 0) is 18.4 Å². The number of hydrogen-bond acceptors (Lipinski definition) is 4. The van der Waals surface area contributed by atoms with E-state index in [1.54, 1.807) is 12.3 Å². The second kappa shape index (κ2) is 5.56. The van der Waals surface area contributed by atoms with Crippen LogP contribution < -0.4 is 11.2 Å². The molecule has 3 N–H and O–H groups in total. The van der Waals surface area contributed by atoms with Gasteiger partial charge in [-0.3, -0.25) is 10.4 Å². The molecular weight excluding hydrogens is 216 g/mol. The van der Waals surface area contributed by atoms with E-state index in [9.17, 15) is 0 Å². The van der Waals surface area contributed by atoms with Gasteiger partial charge in [-0.1, -0.05) is 30.0 Å². The van der Waals surface area contributed by atoms with Crippen LogP contribution in [0.2, 0.25) is 0 Å². The molecule has 0 saturated carbocycles. The molecule has 0 aliphatic carbocycles. The SMILES string of the molecule is CSC(=S)N/N=C(/N)c1ccccn1. The van der Waals surface area contributed by atoms with Gasteiger partial charge in [0.2, 0.25) is 0 Å². The van der Waals surface area contributed by atoms with E-state index in [1.165, 1.54) is 11.8 Å². The molecule has 0 aromatic carbocycles. The topological polar surface area (TPSA) is 63.3 Å². The van der Waals surface area contributed by atoms with Gasteiger partial charge in [-0.15, -0.1) is 0 Å². The van der Waals surface area contributed by atoms with Crippen LogP contribution in [-0.4, -0.2) is 21.4 Å². The molecule has 0 radical (unpaired) electrons. The number of hydrazone groups is 1. The van der Waals surface area contributed by atoms with Crippen LogP contribution in [-0.2, 0) is 0 Å². The molecule has 0 unspecified atom stereocenters. The van der Waals surface area contributed by atoms with Gasteiger partial charge in [0, 0.05) is 6.20 Å². The van der Waals surface area contributed by atoms with Crippen LogP contribution in [0.4, 0.5) is 0 Å². The van der Waals surface area contributed by atoms with Gasteiger partial charge >= 0.3 is 0 Å². The van der Waals surface area contributed by atoms with Gasteiger partial charge in [0.25, 0.3) is 0 Å². The lowest BCUT2D eigenvalue weighted by molar-refractivity contribution is 1.05. The van der Waals surface area contributed by atoms with E-state index in [4.69, 9.17) is 18.0 Å². The minimum atomic E-state index is 0.321. The maximum Gasteiger partial charge on any atom is 0.169 e. The van der Waals surface area contributed by atoms with Crippen LogP contribution in [0.1, 0.15) is 5.69 Å². The average molecular weight is 226 g/mol. The van der Waals surface area contributed by atoms with Crippen LogP contribution >= 0.6 is 24.0 Å². The van der Waals surface area contributed by atoms with E-state index in [-0.39, 0.29) is 0 Å². The van der Waals surface area contributed by atoms with E-state index in [0.29, 0.717) is 15.9 Å². The number of nitrogens with zero attached hydrogens (tertiary/aromatic N) is 2. The molecule has 0 atom stereocenters. The molecule has 6 heteroatoms. The fraction of sp³-hybridized carbons (Fsp3) is 0.125. The van der Waals surface area contributed by atoms with Crippen LogP contribution in [0, 0.1) is 0 Å². The third-order valence-corrected chi connectivity index (χ3v) is 2.43. The number of hydrogen-bond donors (Lipinski definition) is 2. The molecule has 1 aromatic rings. The van der Waals surface area contributed by atoms with Crippen molar-refractivity contribution in [3.05, 3.63) is 30.1 Å². The molecule has 0 aliphatic heterocycles. The summed E-state index contributed by atoms with van der Waals surface area (Å²) in [4.78, 5) is 4.04. The van der Waals surface area contributed by atoms with Crippen molar-refractivity contribution in [2.75, 3.05) is 6.26 Å². The molecule has 4 nitrogen and oxygen atoms in total. The largest absolute Gasteiger partial charge is 0.380 e. The van der Waals surface area contributed by atoms with Crippen molar-refractivity contribution >= 4 is 34.1 Å². The van der Waals surface area contributed by atoms with E-state index in [1.807, 2.05) is 18.4 Å². The van der Waals surface area contributed by atoms with Crippen molar-refractivity contribution in [3.8, 4) is 0 Å². The van der Waals surface area contributed by atoms with Crippen LogP contribution in [0.15, 0.2) is 29.5 Å². The highest BCUT2D eigenvalue weighted by atomic mass is 32.2. The zero-order valence-electron chi connectivity index (χ0n) is 7.60. The molecular formula is C8H10N4S2. The van der Waals surface area contributed by atoms with Crippen LogP contribution in [0.5, 0.6) is 0 Å². The Hall–Kier alpha value is -1.14. The van der Waals surface area contributed by atoms with Crippen molar-refractivity contribution in [1.82, 2.24) is 10.4 Å². The molecule has 1 rings (SSSR count). The van der Waals surface area contributed by atoms with E-state index in [0.717, 1.165) is 0 Å². The summed E-state index contributed by atoms with van der Waals surface area (Å²) in [5, 5.41) is 3.89. The minimum absolute atomic E-state index is 0.321. The maximum absolute atomic E-state index is 5.65. The Morgan fingerprint density at radius 3 is 3.00 bits per heavy atom. The Kier molecular flexibility index (Phi) is 4.34. The molecule has 0 saturated heterocycles. The Balaban J connectivity index is 2.66. The summed E-state index contributed by atoms with van der Waals surface area (Å²) in [6, 6.07) is 5.44. The first-order valence-corrected chi connectivity index (χ1v) is 5.46. The summed E-state index contributed by atoms with van der Waals surface area (Å²) in [6.07, 6.45) is 3.52. The van der Waals surface area contributed by atoms with Crippen molar-refractivity contribution < 1.29 is 0 Å². The average Bonchev–Trinajstić information content (AvgIpc) is 2.26. The van der Waals surface area contributed by atoms with Crippen molar-refractivity contribution in [2.45, 2.75) is 0 Å². The number of pyridine rings is 1. The summed E-state index contributed by atoms with van der Waals surface area (Å²) >= 11 is 6.29. The first kappa shape index (κ1) is 10.9. The van der Waals surface area contributed by atoms with Gasteiger partial charge in [-0.2, -0.15) is 5.10 Å². The summed E-state index contributed by atoms with van der Waals surface area (Å²) < 4.78 is 0.573. The highest BCUT2D eigenvalue weighted by Gasteiger charge is 1.98. The first-order valence-electron chi connectivity index (χ1n) is 3.82. The Morgan fingerprint density at radius 2 is 2.43 bits per heavy atom. The fourth-order valence-corrected chi connectivity index (χ4v) is 0.906. The monoisotopic (exact) mass is 226 g/mol. The molecule has 0 bridgehead atoms. The van der Waals surface area contributed by atoms with Gasteiger partial charge < -0.3 is 5.73 Å². The Morgan fingerprint density at radius 1 is 1.64 bits per heavy atom. The summed E-state index contributed by atoms with van der Waals surface area (Å²) in [6.45, 7) is 0. The Labute approximate surface area is 92.0 Å². The summed E-state index contributed by atoms with van der Waals surface area (Å²) in [7, 11) is 0. The smallest absolute Gasteiger partial charge is 0.169 e. The second-order valence-corrected chi connectivity index (χ2v) is 3.80. The van der Waals surface area contributed by atoms with Crippen LogP contribution in [0.3, 0.4) is 0 Å². The summed E-state index contributed by atoms with van der Waals surface area (Å²) in [5.41, 5.74) is 8.93. The van der Waals surface area contributed by atoms with Gasteiger partial charge in [0.15, 0.2) is 10.2 Å². The molecule has 0 spiro atoms. The van der Waals surface area contributed by atoms with Crippen LogP contribution in [0.25, 0.3) is 0 Å². The standard InChI is InChI=1S/C8H10N4S2/c1-14-8(13)12-11-7(9)6-4-2-3-5-10-6/h2-5H,1H3,(H2,9,11)(H,12,13). The Bertz CT molecular complexity index is 336. The molecule has 0 fully saturated rings. The predicted molar refractivity (Wildman–Crippen MR) is 64.2 cm³/mol. The van der Waals surface area contributed by atoms with E-state index < -0.39 is 0 Å².